The number of hydrogen-bond donors (Lipinski definition) is 1. The molecule has 1 heterocycles. The second-order valence-corrected chi connectivity index (χ2v) is 7.39. The van der Waals surface area contributed by atoms with E-state index in [9.17, 15) is 4.39 Å². The summed E-state index contributed by atoms with van der Waals surface area (Å²) in [5, 5.41) is 4.25. The van der Waals surface area contributed by atoms with Crippen molar-refractivity contribution in [3.05, 3.63) is 57.3 Å². The highest BCUT2D eigenvalue weighted by Gasteiger charge is 2.16. The van der Waals surface area contributed by atoms with E-state index in [4.69, 9.17) is 37.4 Å². The molecule has 1 aliphatic heterocycles. The smallest absolute Gasteiger partial charge is 0.163 e. The molecular formula is C21H24Cl2FNO3. The van der Waals surface area contributed by atoms with Crippen molar-refractivity contribution >= 4 is 23.2 Å². The Balaban J connectivity index is 1.69. The molecule has 2 aromatic carbocycles. The van der Waals surface area contributed by atoms with E-state index in [0.717, 1.165) is 31.6 Å². The predicted octanol–water partition coefficient (Wildman–Crippen LogP) is 5.38. The average Bonchev–Trinajstić information content (AvgIpc) is 3.18. The van der Waals surface area contributed by atoms with Gasteiger partial charge in [-0.15, -0.1) is 0 Å². The lowest BCUT2D eigenvalue weighted by atomic mass is 10.1. The molecule has 28 heavy (non-hydrogen) atoms. The quantitative estimate of drug-likeness (QED) is 0.582. The first-order valence-corrected chi connectivity index (χ1v) is 10.2. The van der Waals surface area contributed by atoms with Gasteiger partial charge < -0.3 is 19.5 Å². The van der Waals surface area contributed by atoms with Gasteiger partial charge in [0.05, 0.1) is 17.7 Å². The van der Waals surface area contributed by atoms with Crippen LogP contribution in [0.4, 0.5) is 4.39 Å². The fourth-order valence-corrected chi connectivity index (χ4v) is 3.53. The second kappa shape index (κ2) is 10.3. The molecule has 1 unspecified atom stereocenters. The SMILES string of the molecule is CCOc1cc(CNCC2CCCO2)c(Cl)cc1OCc1c(F)cccc1Cl. The molecule has 1 fully saturated rings. The molecule has 0 spiro atoms. The van der Waals surface area contributed by atoms with E-state index in [1.807, 2.05) is 13.0 Å². The molecule has 1 aliphatic rings. The lowest BCUT2D eigenvalue weighted by Crippen LogP contribution is -2.25. The minimum Gasteiger partial charge on any atom is -0.490 e. The van der Waals surface area contributed by atoms with Gasteiger partial charge in [-0.25, -0.2) is 4.39 Å². The van der Waals surface area contributed by atoms with Crippen molar-refractivity contribution in [2.24, 2.45) is 0 Å². The zero-order valence-corrected chi connectivity index (χ0v) is 17.3. The van der Waals surface area contributed by atoms with E-state index in [2.05, 4.69) is 5.32 Å². The van der Waals surface area contributed by atoms with Crippen LogP contribution in [0.5, 0.6) is 11.5 Å². The summed E-state index contributed by atoms with van der Waals surface area (Å²) in [5.74, 6) is 0.605. The van der Waals surface area contributed by atoms with Crippen molar-refractivity contribution in [3.63, 3.8) is 0 Å². The molecule has 0 saturated carbocycles. The molecule has 0 aromatic heterocycles. The van der Waals surface area contributed by atoms with Crippen molar-refractivity contribution in [2.75, 3.05) is 19.8 Å². The fraction of sp³-hybridized carbons (Fsp3) is 0.429. The van der Waals surface area contributed by atoms with Crippen molar-refractivity contribution in [1.29, 1.82) is 0 Å². The van der Waals surface area contributed by atoms with E-state index < -0.39 is 5.82 Å². The summed E-state index contributed by atoms with van der Waals surface area (Å²) in [4.78, 5) is 0. The first kappa shape index (κ1) is 21.2. The van der Waals surface area contributed by atoms with Crippen LogP contribution in [0.15, 0.2) is 30.3 Å². The van der Waals surface area contributed by atoms with Gasteiger partial charge in [0.25, 0.3) is 0 Å². The minimum absolute atomic E-state index is 0.0154. The second-order valence-electron chi connectivity index (χ2n) is 6.58. The van der Waals surface area contributed by atoms with Crippen LogP contribution in [0.2, 0.25) is 10.0 Å². The molecule has 4 nitrogen and oxygen atoms in total. The third-order valence-corrected chi connectivity index (χ3v) is 5.26. The molecule has 0 bridgehead atoms. The van der Waals surface area contributed by atoms with Crippen LogP contribution in [0, 0.1) is 5.82 Å². The maximum Gasteiger partial charge on any atom is 0.163 e. The standard InChI is InChI=1S/C21H24Cl2FNO3/c1-2-26-20-9-14(11-25-12-15-5-4-8-27-15)18(23)10-21(20)28-13-16-17(22)6-3-7-19(16)24/h3,6-7,9-10,15,25H,2,4-5,8,11-13H2,1H3. The lowest BCUT2D eigenvalue weighted by Gasteiger charge is -2.16. The monoisotopic (exact) mass is 427 g/mol. The van der Waals surface area contributed by atoms with Crippen LogP contribution in [-0.4, -0.2) is 25.9 Å². The summed E-state index contributed by atoms with van der Waals surface area (Å²) in [7, 11) is 0. The molecule has 0 amide bonds. The van der Waals surface area contributed by atoms with Crippen LogP contribution in [-0.2, 0) is 17.9 Å². The van der Waals surface area contributed by atoms with E-state index in [0.29, 0.717) is 40.3 Å². The Morgan fingerprint density at radius 3 is 2.71 bits per heavy atom. The normalized spacial score (nSPS) is 16.4. The van der Waals surface area contributed by atoms with Gasteiger partial charge >= 0.3 is 0 Å². The van der Waals surface area contributed by atoms with Crippen LogP contribution in [0.3, 0.4) is 0 Å². The van der Waals surface area contributed by atoms with Gasteiger partial charge in [-0.3, -0.25) is 0 Å². The van der Waals surface area contributed by atoms with Crippen molar-refractivity contribution in [1.82, 2.24) is 5.32 Å². The first-order valence-electron chi connectivity index (χ1n) is 9.41. The maximum absolute atomic E-state index is 14.0. The number of halogens is 3. The number of nitrogens with one attached hydrogen (secondary N) is 1. The number of ether oxygens (including phenoxy) is 3. The summed E-state index contributed by atoms with van der Waals surface area (Å²) in [5.41, 5.74) is 1.20. The highest BCUT2D eigenvalue weighted by Crippen LogP contribution is 2.35. The summed E-state index contributed by atoms with van der Waals surface area (Å²) < 4.78 is 31.1. The van der Waals surface area contributed by atoms with Gasteiger partial charge in [0.15, 0.2) is 11.5 Å². The molecule has 152 valence electrons. The largest absolute Gasteiger partial charge is 0.490 e. The minimum atomic E-state index is -0.411. The summed E-state index contributed by atoms with van der Waals surface area (Å²) in [6, 6.07) is 8.09. The summed E-state index contributed by atoms with van der Waals surface area (Å²) in [6.07, 6.45) is 2.45. The van der Waals surface area contributed by atoms with Crippen LogP contribution >= 0.6 is 23.2 Å². The zero-order valence-electron chi connectivity index (χ0n) is 15.8. The number of rotatable bonds is 9. The molecule has 1 atom stereocenters. The van der Waals surface area contributed by atoms with Crippen molar-refractivity contribution in [2.45, 2.75) is 39.0 Å². The Kier molecular flexibility index (Phi) is 7.80. The van der Waals surface area contributed by atoms with E-state index in [-0.39, 0.29) is 12.7 Å². The van der Waals surface area contributed by atoms with Crippen molar-refractivity contribution in [3.8, 4) is 11.5 Å². The van der Waals surface area contributed by atoms with Crippen LogP contribution < -0.4 is 14.8 Å². The Morgan fingerprint density at radius 1 is 1.18 bits per heavy atom. The molecule has 0 aliphatic carbocycles. The Hall–Kier alpha value is -1.53. The molecule has 3 rings (SSSR count). The van der Waals surface area contributed by atoms with Gasteiger partial charge in [-0.05, 0) is 43.5 Å². The maximum atomic E-state index is 14.0. The third kappa shape index (κ3) is 5.51. The summed E-state index contributed by atoms with van der Waals surface area (Å²) in [6.45, 7) is 4.56. The van der Waals surface area contributed by atoms with E-state index >= 15 is 0 Å². The first-order chi connectivity index (χ1) is 13.6. The van der Waals surface area contributed by atoms with Crippen LogP contribution in [0.25, 0.3) is 0 Å². The highest BCUT2D eigenvalue weighted by atomic mass is 35.5. The molecule has 2 aromatic rings. The Bertz CT molecular complexity index is 777. The highest BCUT2D eigenvalue weighted by molar-refractivity contribution is 6.31. The third-order valence-electron chi connectivity index (χ3n) is 4.56. The van der Waals surface area contributed by atoms with Gasteiger partial charge in [0, 0.05) is 36.3 Å². The lowest BCUT2D eigenvalue weighted by molar-refractivity contribution is 0.110. The van der Waals surface area contributed by atoms with Crippen LogP contribution in [0.1, 0.15) is 30.9 Å². The zero-order chi connectivity index (χ0) is 19.9. The fourth-order valence-electron chi connectivity index (χ4n) is 3.09. The van der Waals surface area contributed by atoms with Gasteiger partial charge in [0.2, 0.25) is 0 Å². The van der Waals surface area contributed by atoms with Gasteiger partial charge in [-0.2, -0.15) is 0 Å². The molecule has 0 radical (unpaired) electrons. The molecule has 7 heteroatoms. The van der Waals surface area contributed by atoms with E-state index in [1.165, 1.54) is 6.07 Å². The Morgan fingerprint density at radius 2 is 2.00 bits per heavy atom. The number of hydrogen-bond acceptors (Lipinski definition) is 4. The predicted molar refractivity (Wildman–Crippen MR) is 109 cm³/mol. The van der Waals surface area contributed by atoms with E-state index in [1.54, 1.807) is 18.2 Å². The van der Waals surface area contributed by atoms with Gasteiger partial charge in [0.1, 0.15) is 12.4 Å². The van der Waals surface area contributed by atoms with Gasteiger partial charge in [-0.1, -0.05) is 29.3 Å². The molecule has 1 N–H and O–H groups in total. The molecule has 1 saturated heterocycles. The topological polar surface area (TPSA) is 39.7 Å². The summed E-state index contributed by atoms with van der Waals surface area (Å²) >= 11 is 12.5. The number of benzene rings is 2. The molecular weight excluding hydrogens is 404 g/mol. The average molecular weight is 428 g/mol. The Labute approximate surface area is 174 Å². The van der Waals surface area contributed by atoms with Crippen molar-refractivity contribution < 1.29 is 18.6 Å².